The van der Waals surface area contributed by atoms with Crippen LogP contribution in [0.5, 0.6) is 0 Å². The number of hydrogen-bond donors (Lipinski definition) is 3. The summed E-state index contributed by atoms with van der Waals surface area (Å²) in [4.78, 5) is 38.2. The third kappa shape index (κ3) is 6.11. The van der Waals surface area contributed by atoms with Gasteiger partial charge in [-0.25, -0.2) is 9.18 Å². The first-order chi connectivity index (χ1) is 14.0. The van der Waals surface area contributed by atoms with E-state index >= 15 is 0 Å². The number of urea groups is 1. The van der Waals surface area contributed by atoms with E-state index in [-0.39, 0.29) is 24.1 Å². The summed E-state index contributed by atoms with van der Waals surface area (Å²) in [5, 5.41) is 7.40. The Bertz CT molecular complexity index is 867. The molecule has 1 heterocycles. The van der Waals surface area contributed by atoms with Gasteiger partial charge < -0.3 is 10.6 Å². The summed E-state index contributed by atoms with van der Waals surface area (Å²) in [5.41, 5.74) is 0.767. The lowest BCUT2D eigenvalue weighted by Gasteiger charge is -2.30. The average Bonchev–Trinajstić information content (AvgIpc) is 2.71. The van der Waals surface area contributed by atoms with Gasteiger partial charge in [-0.15, -0.1) is 0 Å². The molecule has 0 spiro atoms. The number of benzene rings is 2. The van der Waals surface area contributed by atoms with Crippen LogP contribution in [0.15, 0.2) is 54.6 Å². The molecule has 2 aromatic rings. The summed E-state index contributed by atoms with van der Waals surface area (Å²) in [6.07, 6.45) is 1.26. The molecule has 4 amide bonds. The molecule has 0 saturated carbocycles. The van der Waals surface area contributed by atoms with Crippen molar-refractivity contribution in [3.8, 4) is 0 Å². The standard InChI is InChI=1S/C21H23FN4O3/c22-17-8-4-5-9-18(17)24-21(29)25-19(27)14-26-12-10-15(11-13-26)20(28)23-16-6-2-1-3-7-16/h1-9,15H,10-14H2,(H,23,28)(H2,24,25,27,29). The summed E-state index contributed by atoms with van der Waals surface area (Å²) in [6, 6.07) is 14.2. The van der Waals surface area contributed by atoms with Crippen LogP contribution in [0.4, 0.5) is 20.6 Å². The maximum absolute atomic E-state index is 13.5. The van der Waals surface area contributed by atoms with Crippen LogP contribution in [-0.2, 0) is 9.59 Å². The number of nitrogens with zero attached hydrogens (tertiary/aromatic N) is 1. The van der Waals surface area contributed by atoms with Gasteiger partial charge in [-0.3, -0.25) is 19.8 Å². The van der Waals surface area contributed by atoms with Crippen molar-refractivity contribution in [1.82, 2.24) is 10.2 Å². The minimum atomic E-state index is -0.780. The van der Waals surface area contributed by atoms with Crippen LogP contribution >= 0.6 is 0 Å². The van der Waals surface area contributed by atoms with Gasteiger partial charge in [0, 0.05) is 11.6 Å². The second kappa shape index (κ2) is 9.79. The summed E-state index contributed by atoms with van der Waals surface area (Å²) in [5.74, 6) is -1.19. The van der Waals surface area contributed by atoms with E-state index in [0.717, 1.165) is 5.69 Å². The zero-order valence-electron chi connectivity index (χ0n) is 15.9. The summed E-state index contributed by atoms with van der Waals surface area (Å²) >= 11 is 0. The number of likely N-dealkylation sites (tertiary alicyclic amines) is 1. The Morgan fingerprint density at radius 2 is 1.59 bits per heavy atom. The molecule has 152 valence electrons. The number of piperidine rings is 1. The number of carbonyl (C=O) groups excluding carboxylic acids is 3. The van der Waals surface area contributed by atoms with Crippen LogP contribution in [0, 0.1) is 11.7 Å². The predicted octanol–water partition coefficient (Wildman–Crippen LogP) is 2.82. The van der Waals surface area contributed by atoms with Gasteiger partial charge in [-0.1, -0.05) is 30.3 Å². The molecule has 0 aromatic heterocycles. The van der Waals surface area contributed by atoms with Crippen molar-refractivity contribution in [2.75, 3.05) is 30.3 Å². The predicted molar refractivity (Wildman–Crippen MR) is 108 cm³/mol. The zero-order valence-corrected chi connectivity index (χ0v) is 15.9. The number of nitrogens with one attached hydrogen (secondary N) is 3. The fraction of sp³-hybridized carbons (Fsp3) is 0.286. The van der Waals surface area contributed by atoms with Crippen molar-refractivity contribution >= 4 is 29.2 Å². The molecular formula is C21H23FN4O3. The average molecular weight is 398 g/mol. The Balaban J connectivity index is 1.39. The molecule has 1 fully saturated rings. The molecule has 0 unspecified atom stereocenters. The highest BCUT2D eigenvalue weighted by Gasteiger charge is 2.26. The van der Waals surface area contributed by atoms with Crippen LogP contribution in [0.1, 0.15) is 12.8 Å². The van der Waals surface area contributed by atoms with Gasteiger partial charge in [0.25, 0.3) is 0 Å². The van der Waals surface area contributed by atoms with E-state index in [1.807, 2.05) is 35.2 Å². The van der Waals surface area contributed by atoms with Gasteiger partial charge in [-0.05, 0) is 50.2 Å². The van der Waals surface area contributed by atoms with E-state index < -0.39 is 17.8 Å². The minimum absolute atomic E-state index is 0.00282. The summed E-state index contributed by atoms with van der Waals surface area (Å²) < 4.78 is 13.5. The Labute approximate surface area is 168 Å². The second-order valence-corrected chi connectivity index (χ2v) is 6.89. The van der Waals surface area contributed by atoms with Crippen molar-refractivity contribution in [2.24, 2.45) is 5.92 Å². The van der Waals surface area contributed by atoms with E-state index in [1.165, 1.54) is 18.2 Å². The minimum Gasteiger partial charge on any atom is -0.326 e. The molecule has 29 heavy (non-hydrogen) atoms. The van der Waals surface area contributed by atoms with E-state index in [1.54, 1.807) is 6.07 Å². The third-order valence-electron chi connectivity index (χ3n) is 4.74. The Hall–Kier alpha value is -3.26. The molecule has 1 aliphatic rings. The first-order valence-corrected chi connectivity index (χ1v) is 9.45. The fourth-order valence-electron chi connectivity index (χ4n) is 3.20. The number of halogens is 1. The van der Waals surface area contributed by atoms with Crippen LogP contribution in [-0.4, -0.2) is 42.4 Å². The number of hydrogen-bond acceptors (Lipinski definition) is 4. The van der Waals surface area contributed by atoms with Gasteiger partial charge in [0.2, 0.25) is 11.8 Å². The number of para-hydroxylation sites is 2. The number of carbonyl (C=O) groups is 3. The zero-order chi connectivity index (χ0) is 20.6. The van der Waals surface area contributed by atoms with Crippen molar-refractivity contribution < 1.29 is 18.8 Å². The highest BCUT2D eigenvalue weighted by Crippen LogP contribution is 2.19. The van der Waals surface area contributed by atoms with Crippen LogP contribution in [0.2, 0.25) is 0 Å². The molecule has 0 bridgehead atoms. The maximum atomic E-state index is 13.5. The molecule has 0 atom stereocenters. The number of anilines is 2. The van der Waals surface area contributed by atoms with Gasteiger partial charge in [-0.2, -0.15) is 0 Å². The molecule has 0 radical (unpaired) electrons. The number of rotatable bonds is 5. The highest BCUT2D eigenvalue weighted by atomic mass is 19.1. The van der Waals surface area contributed by atoms with E-state index in [4.69, 9.17) is 0 Å². The highest BCUT2D eigenvalue weighted by molar-refractivity contribution is 6.01. The van der Waals surface area contributed by atoms with Crippen LogP contribution in [0.25, 0.3) is 0 Å². The van der Waals surface area contributed by atoms with Crippen molar-refractivity contribution in [2.45, 2.75) is 12.8 Å². The Kier molecular flexibility index (Phi) is 6.91. The van der Waals surface area contributed by atoms with Gasteiger partial charge in [0.05, 0.1) is 12.2 Å². The van der Waals surface area contributed by atoms with E-state index in [0.29, 0.717) is 25.9 Å². The Morgan fingerprint density at radius 1 is 0.931 bits per heavy atom. The van der Waals surface area contributed by atoms with Crippen molar-refractivity contribution in [1.29, 1.82) is 0 Å². The summed E-state index contributed by atoms with van der Waals surface area (Å²) in [7, 11) is 0. The third-order valence-corrected chi connectivity index (χ3v) is 4.74. The molecule has 1 aliphatic heterocycles. The lowest BCUT2D eigenvalue weighted by molar-refractivity contribution is -0.122. The smallest absolute Gasteiger partial charge is 0.326 e. The lowest BCUT2D eigenvalue weighted by Crippen LogP contribution is -2.45. The molecule has 0 aliphatic carbocycles. The number of amides is 4. The maximum Gasteiger partial charge on any atom is 0.326 e. The number of imide groups is 1. The Morgan fingerprint density at radius 3 is 2.28 bits per heavy atom. The lowest BCUT2D eigenvalue weighted by atomic mass is 9.96. The first-order valence-electron chi connectivity index (χ1n) is 9.45. The largest absolute Gasteiger partial charge is 0.326 e. The molecule has 1 saturated heterocycles. The van der Waals surface area contributed by atoms with E-state index in [2.05, 4.69) is 16.0 Å². The second-order valence-electron chi connectivity index (χ2n) is 6.89. The van der Waals surface area contributed by atoms with E-state index in [9.17, 15) is 18.8 Å². The molecule has 7 nitrogen and oxygen atoms in total. The van der Waals surface area contributed by atoms with Crippen LogP contribution < -0.4 is 16.0 Å². The fourth-order valence-corrected chi connectivity index (χ4v) is 3.20. The molecular weight excluding hydrogens is 375 g/mol. The topological polar surface area (TPSA) is 90.5 Å². The molecule has 3 rings (SSSR count). The SMILES string of the molecule is O=C(CN1CCC(C(=O)Nc2ccccc2)CC1)NC(=O)Nc1ccccc1F. The van der Waals surface area contributed by atoms with Crippen molar-refractivity contribution in [3.63, 3.8) is 0 Å². The molecule has 2 aromatic carbocycles. The summed E-state index contributed by atoms with van der Waals surface area (Å²) in [6.45, 7) is 1.20. The molecule has 8 heteroatoms. The molecule has 3 N–H and O–H groups in total. The van der Waals surface area contributed by atoms with Crippen LogP contribution in [0.3, 0.4) is 0 Å². The first kappa shape index (κ1) is 20.5. The quantitative estimate of drug-likeness (QED) is 0.722. The monoisotopic (exact) mass is 398 g/mol. The van der Waals surface area contributed by atoms with Gasteiger partial charge in [0.15, 0.2) is 0 Å². The normalized spacial score (nSPS) is 14.8. The van der Waals surface area contributed by atoms with Gasteiger partial charge in [0.1, 0.15) is 5.82 Å². The van der Waals surface area contributed by atoms with Gasteiger partial charge >= 0.3 is 6.03 Å². The van der Waals surface area contributed by atoms with Crippen molar-refractivity contribution in [3.05, 3.63) is 60.4 Å².